The Morgan fingerprint density at radius 2 is 2.05 bits per heavy atom. The summed E-state index contributed by atoms with van der Waals surface area (Å²) in [5, 5.41) is 3.18. The fourth-order valence-electron chi connectivity index (χ4n) is 3.08. The largest absolute Gasteiger partial charge is 0.369 e. The van der Waals surface area contributed by atoms with Gasteiger partial charge in [0.25, 0.3) is 0 Å². The molecule has 0 saturated carbocycles. The molecule has 3 rings (SSSR count). The minimum Gasteiger partial charge on any atom is -0.369 e. The van der Waals surface area contributed by atoms with E-state index in [1.165, 1.54) is 5.69 Å². The summed E-state index contributed by atoms with van der Waals surface area (Å²) < 4.78 is 0. The van der Waals surface area contributed by atoms with Crippen molar-refractivity contribution in [1.82, 2.24) is 10.2 Å². The molecule has 1 amide bonds. The van der Waals surface area contributed by atoms with Crippen LogP contribution in [0, 0.1) is 5.92 Å². The fraction of sp³-hybridized carbons (Fsp3) is 0.562. The molecule has 1 aromatic rings. The first kappa shape index (κ1) is 13.4. The number of nitrogens with one attached hydrogen (secondary N) is 1. The highest BCUT2D eigenvalue weighted by molar-refractivity contribution is 5.80. The number of likely N-dealkylation sites (N-methyl/N-ethyl adjacent to an activating group) is 1. The number of hydrogen-bond acceptors (Lipinski definition) is 3. The van der Waals surface area contributed by atoms with Gasteiger partial charge in [0.1, 0.15) is 0 Å². The number of carbonyl (C=O) groups is 1. The maximum absolute atomic E-state index is 12.3. The molecule has 2 fully saturated rings. The van der Waals surface area contributed by atoms with E-state index in [0.29, 0.717) is 11.9 Å². The molecule has 4 nitrogen and oxygen atoms in total. The normalized spacial score (nSPS) is 23.2. The molecule has 2 heterocycles. The van der Waals surface area contributed by atoms with Crippen LogP contribution in [0.1, 0.15) is 12.8 Å². The zero-order valence-corrected chi connectivity index (χ0v) is 12.1. The summed E-state index contributed by atoms with van der Waals surface area (Å²) in [5.41, 5.74) is 1.27. The van der Waals surface area contributed by atoms with Crippen LogP contribution in [0.25, 0.3) is 0 Å². The van der Waals surface area contributed by atoms with Crippen LogP contribution in [0.4, 0.5) is 5.69 Å². The first-order valence-corrected chi connectivity index (χ1v) is 7.53. The Hall–Kier alpha value is -1.55. The number of para-hydroxylation sites is 1. The lowest BCUT2D eigenvalue weighted by molar-refractivity contribution is -0.138. The number of carbonyl (C=O) groups excluding carboxylic acids is 1. The zero-order chi connectivity index (χ0) is 13.9. The standard InChI is InChI=1S/C16H23N3O/c1-18(16(20)13-10-17-11-13)15-8-5-9-19(12-15)14-6-3-2-4-7-14/h2-4,6-7,13,15,17H,5,8-12H2,1H3. The Balaban J connectivity index is 1.64. The fourth-order valence-corrected chi connectivity index (χ4v) is 3.08. The van der Waals surface area contributed by atoms with Crippen molar-refractivity contribution in [2.45, 2.75) is 18.9 Å². The van der Waals surface area contributed by atoms with Gasteiger partial charge >= 0.3 is 0 Å². The SMILES string of the molecule is CN(C(=O)C1CNC1)C1CCCN(c2ccccc2)C1. The molecule has 4 heteroatoms. The highest BCUT2D eigenvalue weighted by atomic mass is 16.2. The molecule has 2 aliphatic rings. The van der Waals surface area contributed by atoms with E-state index in [2.05, 4.69) is 34.5 Å². The van der Waals surface area contributed by atoms with Crippen molar-refractivity contribution < 1.29 is 4.79 Å². The van der Waals surface area contributed by atoms with Gasteiger partial charge in [0, 0.05) is 45.0 Å². The van der Waals surface area contributed by atoms with Crippen LogP contribution in [-0.4, -0.2) is 50.1 Å². The molecule has 0 bridgehead atoms. The maximum Gasteiger partial charge on any atom is 0.228 e. The van der Waals surface area contributed by atoms with Gasteiger partial charge in [-0.25, -0.2) is 0 Å². The van der Waals surface area contributed by atoms with E-state index in [9.17, 15) is 4.79 Å². The average molecular weight is 273 g/mol. The number of rotatable bonds is 3. The summed E-state index contributed by atoms with van der Waals surface area (Å²) in [6.07, 6.45) is 2.27. The highest BCUT2D eigenvalue weighted by Crippen LogP contribution is 2.23. The molecule has 2 saturated heterocycles. The van der Waals surface area contributed by atoms with Crippen LogP contribution in [0.2, 0.25) is 0 Å². The Bertz CT molecular complexity index is 458. The molecular weight excluding hydrogens is 250 g/mol. The molecule has 108 valence electrons. The predicted octanol–water partition coefficient (Wildman–Crippen LogP) is 1.33. The van der Waals surface area contributed by atoms with Crippen LogP contribution < -0.4 is 10.2 Å². The summed E-state index contributed by atoms with van der Waals surface area (Å²) in [7, 11) is 1.97. The van der Waals surface area contributed by atoms with E-state index >= 15 is 0 Å². The quantitative estimate of drug-likeness (QED) is 0.902. The van der Waals surface area contributed by atoms with Gasteiger partial charge in [0.15, 0.2) is 0 Å². The Kier molecular flexibility index (Phi) is 3.92. The summed E-state index contributed by atoms with van der Waals surface area (Å²) in [4.78, 5) is 16.7. The molecular formula is C16H23N3O. The van der Waals surface area contributed by atoms with Gasteiger partial charge in [0.05, 0.1) is 5.92 Å². The minimum absolute atomic E-state index is 0.201. The summed E-state index contributed by atoms with van der Waals surface area (Å²) in [5.74, 6) is 0.510. The van der Waals surface area contributed by atoms with Gasteiger partial charge in [-0.3, -0.25) is 4.79 Å². The third-order valence-corrected chi connectivity index (χ3v) is 4.54. The van der Waals surface area contributed by atoms with Gasteiger partial charge < -0.3 is 15.1 Å². The molecule has 1 N–H and O–H groups in total. The summed E-state index contributed by atoms with van der Waals surface area (Å²) >= 11 is 0. The number of anilines is 1. The van der Waals surface area contributed by atoms with E-state index in [0.717, 1.165) is 39.0 Å². The number of nitrogens with zero attached hydrogens (tertiary/aromatic N) is 2. The third kappa shape index (κ3) is 2.66. The number of benzene rings is 1. The van der Waals surface area contributed by atoms with Crippen molar-refractivity contribution in [1.29, 1.82) is 0 Å². The van der Waals surface area contributed by atoms with Crippen molar-refractivity contribution in [3.05, 3.63) is 30.3 Å². The van der Waals surface area contributed by atoms with Crippen LogP contribution in [0.3, 0.4) is 0 Å². The van der Waals surface area contributed by atoms with Crippen molar-refractivity contribution >= 4 is 11.6 Å². The van der Waals surface area contributed by atoms with Crippen molar-refractivity contribution in [3.63, 3.8) is 0 Å². The smallest absolute Gasteiger partial charge is 0.228 e. The second-order valence-electron chi connectivity index (χ2n) is 5.88. The molecule has 0 aromatic heterocycles. The number of amides is 1. The van der Waals surface area contributed by atoms with Crippen molar-refractivity contribution in [2.75, 3.05) is 38.1 Å². The molecule has 1 atom stereocenters. The lowest BCUT2D eigenvalue weighted by Crippen LogP contribution is -2.56. The zero-order valence-electron chi connectivity index (χ0n) is 12.1. The average Bonchev–Trinajstić information content (AvgIpc) is 2.46. The molecule has 0 spiro atoms. The second kappa shape index (κ2) is 5.83. The van der Waals surface area contributed by atoms with E-state index in [4.69, 9.17) is 0 Å². The lowest BCUT2D eigenvalue weighted by atomic mass is 9.98. The van der Waals surface area contributed by atoms with Gasteiger partial charge in [-0.1, -0.05) is 18.2 Å². The van der Waals surface area contributed by atoms with Crippen LogP contribution in [0.15, 0.2) is 30.3 Å². The summed E-state index contributed by atoms with van der Waals surface area (Å²) in [6.45, 7) is 3.73. The summed E-state index contributed by atoms with van der Waals surface area (Å²) in [6, 6.07) is 10.9. The Morgan fingerprint density at radius 3 is 2.70 bits per heavy atom. The monoisotopic (exact) mass is 273 g/mol. The van der Waals surface area contributed by atoms with Gasteiger partial charge in [-0.15, -0.1) is 0 Å². The van der Waals surface area contributed by atoms with Gasteiger partial charge in [0.2, 0.25) is 5.91 Å². The maximum atomic E-state index is 12.3. The Labute approximate surface area is 120 Å². The second-order valence-corrected chi connectivity index (χ2v) is 5.88. The van der Waals surface area contributed by atoms with Crippen LogP contribution in [0.5, 0.6) is 0 Å². The van der Waals surface area contributed by atoms with E-state index in [1.54, 1.807) is 0 Å². The van der Waals surface area contributed by atoms with E-state index < -0.39 is 0 Å². The van der Waals surface area contributed by atoms with Crippen LogP contribution in [-0.2, 0) is 4.79 Å². The number of hydrogen-bond donors (Lipinski definition) is 1. The molecule has 20 heavy (non-hydrogen) atoms. The highest BCUT2D eigenvalue weighted by Gasteiger charge is 2.32. The Morgan fingerprint density at radius 1 is 1.30 bits per heavy atom. The topological polar surface area (TPSA) is 35.6 Å². The van der Waals surface area contributed by atoms with Crippen molar-refractivity contribution in [2.24, 2.45) is 5.92 Å². The van der Waals surface area contributed by atoms with E-state index in [-0.39, 0.29) is 5.92 Å². The van der Waals surface area contributed by atoms with Crippen LogP contribution >= 0.6 is 0 Å². The minimum atomic E-state index is 0.201. The van der Waals surface area contributed by atoms with E-state index in [1.807, 2.05) is 18.0 Å². The molecule has 1 unspecified atom stereocenters. The first-order valence-electron chi connectivity index (χ1n) is 7.53. The van der Waals surface area contributed by atoms with Crippen molar-refractivity contribution in [3.8, 4) is 0 Å². The number of piperidine rings is 1. The van der Waals surface area contributed by atoms with Gasteiger partial charge in [-0.05, 0) is 25.0 Å². The molecule has 2 aliphatic heterocycles. The molecule has 0 aliphatic carbocycles. The third-order valence-electron chi connectivity index (χ3n) is 4.54. The first-order chi connectivity index (χ1) is 9.75. The molecule has 1 aromatic carbocycles. The predicted molar refractivity (Wildman–Crippen MR) is 80.8 cm³/mol. The lowest BCUT2D eigenvalue weighted by Gasteiger charge is -2.41. The van der Waals surface area contributed by atoms with Gasteiger partial charge in [-0.2, -0.15) is 0 Å². The molecule has 0 radical (unpaired) electrons.